The first kappa shape index (κ1) is 19.1. The SMILES string of the molecule is C=CCc1c(NC(=O)CNc2cccc(C(=O)NC)c2)ccc2cnccc12. The Balaban J connectivity index is 1.72. The topological polar surface area (TPSA) is 83.1 Å². The van der Waals surface area contributed by atoms with Crippen LogP contribution in [0.1, 0.15) is 15.9 Å². The van der Waals surface area contributed by atoms with E-state index in [2.05, 4.69) is 27.5 Å². The smallest absolute Gasteiger partial charge is 0.251 e. The Morgan fingerprint density at radius 3 is 2.82 bits per heavy atom. The van der Waals surface area contributed by atoms with Gasteiger partial charge in [-0.1, -0.05) is 18.2 Å². The third-order valence-corrected chi connectivity index (χ3v) is 4.36. The summed E-state index contributed by atoms with van der Waals surface area (Å²) in [5.41, 5.74) is 2.99. The molecule has 6 nitrogen and oxygen atoms in total. The second-order valence-electron chi connectivity index (χ2n) is 6.24. The van der Waals surface area contributed by atoms with Crippen LogP contribution in [0.2, 0.25) is 0 Å². The highest BCUT2D eigenvalue weighted by molar-refractivity contribution is 5.99. The average molecular weight is 374 g/mol. The third-order valence-electron chi connectivity index (χ3n) is 4.36. The fraction of sp³-hybridized carbons (Fsp3) is 0.136. The molecule has 0 bridgehead atoms. The number of aromatic nitrogens is 1. The van der Waals surface area contributed by atoms with Gasteiger partial charge in [-0.2, -0.15) is 0 Å². The number of anilines is 2. The summed E-state index contributed by atoms with van der Waals surface area (Å²) in [6.45, 7) is 3.90. The third kappa shape index (κ3) is 4.35. The quantitative estimate of drug-likeness (QED) is 0.554. The number of allylic oxidation sites excluding steroid dienone is 1. The summed E-state index contributed by atoms with van der Waals surface area (Å²) in [6, 6.07) is 12.8. The predicted molar refractivity (Wildman–Crippen MR) is 113 cm³/mol. The molecule has 0 spiro atoms. The summed E-state index contributed by atoms with van der Waals surface area (Å²) in [4.78, 5) is 28.3. The van der Waals surface area contributed by atoms with Crippen molar-refractivity contribution < 1.29 is 9.59 Å². The zero-order chi connectivity index (χ0) is 19.9. The molecule has 28 heavy (non-hydrogen) atoms. The molecule has 2 aromatic carbocycles. The number of hydrogen-bond donors (Lipinski definition) is 3. The number of rotatable bonds is 7. The van der Waals surface area contributed by atoms with E-state index < -0.39 is 0 Å². The zero-order valence-corrected chi connectivity index (χ0v) is 15.7. The van der Waals surface area contributed by atoms with E-state index in [0.29, 0.717) is 17.7 Å². The average Bonchev–Trinajstić information content (AvgIpc) is 2.73. The molecule has 0 saturated carbocycles. The fourth-order valence-electron chi connectivity index (χ4n) is 3.01. The van der Waals surface area contributed by atoms with E-state index >= 15 is 0 Å². The lowest BCUT2D eigenvalue weighted by Gasteiger charge is -2.14. The first-order valence-corrected chi connectivity index (χ1v) is 8.94. The van der Waals surface area contributed by atoms with Crippen molar-refractivity contribution in [2.75, 3.05) is 24.2 Å². The predicted octanol–water partition coefficient (Wildman–Crippen LogP) is 3.37. The van der Waals surface area contributed by atoms with E-state index in [1.807, 2.05) is 30.3 Å². The number of fused-ring (bicyclic) bond motifs is 1. The molecule has 6 heteroatoms. The van der Waals surface area contributed by atoms with E-state index in [0.717, 1.165) is 22.0 Å². The zero-order valence-electron chi connectivity index (χ0n) is 15.7. The highest BCUT2D eigenvalue weighted by atomic mass is 16.2. The maximum atomic E-state index is 12.5. The van der Waals surface area contributed by atoms with Gasteiger partial charge >= 0.3 is 0 Å². The van der Waals surface area contributed by atoms with Gasteiger partial charge in [0.05, 0.1) is 6.54 Å². The maximum absolute atomic E-state index is 12.5. The van der Waals surface area contributed by atoms with Crippen molar-refractivity contribution in [3.05, 3.63) is 78.6 Å². The van der Waals surface area contributed by atoms with Gasteiger partial charge in [-0.25, -0.2) is 0 Å². The van der Waals surface area contributed by atoms with Crippen LogP contribution in [-0.4, -0.2) is 30.4 Å². The van der Waals surface area contributed by atoms with Crippen LogP contribution in [0.25, 0.3) is 10.8 Å². The molecule has 0 radical (unpaired) electrons. The Morgan fingerprint density at radius 2 is 2.04 bits per heavy atom. The molecule has 0 atom stereocenters. The van der Waals surface area contributed by atoms with Crippen LogP contribution in [0.5, 0.6) is 0 Å². The van der Waals surface area contributed by atoms with Crippen LogP contribution in [0.4, 0.5) is 11.4 Å². The van der Waals surface area contributed by atoms with Crippen LogP contribution >= 0.6 is 0 Å². The van der Waals surface area contributed by atoms with Gasteiger partial charge < -0.3 is 16.0 Å². The minimum atomic E-state index is -0.177. The molecule has 3 rings (SSSR count). The van der Waals surface area contributed by atoms with Crippen molar-refractivity contribution in [2.24, 2.45) is 0 Å². The monoisotopic (exact) mass is 374 g/mol. The van der Waals surface area contributed by atoms with Crippen molar-refractivity contribution in [3.63, 3.8) is 0 Å². The highest BCUT2D eigenvalue weighted by Crippen LogP contribution is 2.26. The molecule has 0 aliphatic carbocycles. The van der Waals surface area contributed by atoms with E-state index in [1.165, 1.54) is 0 Å². The second-order valence-corrected chi connectivity index (χ2v) is 6.24. The van der Waals surface area contributed by atoms with Crippen LogP contribution in [0.3, 0.4) is 0 Å². The van der Waals surface area contributed by atoms with E-state index in [9.17, 15) is 9.59 Å². The molecule has 1 heterocycles. The number of nitrogens with one attached hydrogen (secondary N) is 3. The molecule has 0 aliphatic heterocycles. The summed E-state index contributed by atoms with van der Waals surface area (Å²) >= 11 is 0. The summed E-state index contributed by atoms with van der Waals surface area (Å²) in [6.07, 6.45) is 5.99. The molecule has 0 unspecified atom stereocenters. The molecule has 3 N–H and O–H groups in total. The summed E-state index contributed by atoms with van der Waals surface area (Å²) in [7, 11) is 1.58. The normalized spacial score (nSPS) is 10.3. The second kappa shape index (κ2) is 8.81. The molecular formula is C22H22N4O2. The molecule has 0 aliphatic rings. The molecule has 1 aromatic heterocycles. The molecule has 3 aromatic rings. The van der Waals surface area contributed by atoms with Crippen LogP contribution in [0, 0.1) is 0 Å². The van der Waals surface area contributed by atoms with Gasteiger partial charge in [0.1, 0.15) is 0 Å². The summed E-state index contributed by atoms with van der Waals surface area (Å²) < 4.78 is 0. The summed E-state index contributed by atoms with van der Waals surface area (Å²) in [5, 5.41) is 10.6. The van der Waals surface area contributed by atoms with Crippen molar-refractivity contribution in [1.82, 2.24) is 10.3 Å². The number of pyridine rings is 1. The van der Waals surface area contributed by atoms with Gasteiger partial charge in [-0.05, 0) is 47.7 Å². The van der Waals surface area contributed by atoms with Gasteiger partial charge in [0.2, 0.25) is 5.91 Å². The van der Waals surface area contributed by atoms with Gasteiger partial charge in [-0.3, -0.25) is 14.6 Å². The number of hydrogen-bond acceptors (Lipinski definition) is 4. The van der Waals surface area contributed by atoms with E-state index in [1.54, 1.807) is 37.6 Å². The van der Waals surface area contributed by atoms with Gasteiger partial charge in [-0.15, -0.1) is 6.58 Å². The maximum Gasteiger partial charge on any atom is 0.251 e. The van der Waals surface area contributed by atoms with Gasteiger partial charge in [0.25, 0.3) is 5.91 Å². The van der Waals surface area contributed by atoms with E-state index in [-0.39, 0.29) is 18.4 Å². The Kier molecular flexibility index (Phi) is 6.01. The minimum Gasteiger partial charge on any atom is -0.376 e. The van der Waals surface area contributed by atoms with Crippen molar-refractivity contribution >= 4 is 34.0 Å². The lowest BCUT2D eigenvalue weighted by molar-refractivity contribution is -0.114. The minimum absolute atomic E-state index is 0.0824. The van der Waals surface area contributed by atoms with Crippen LogP contribution < -0.4 is 16.0 Å². The molecule has 142 valence electrons. The number of carbonyl (C=O) groups excluding carboxylic acids is 2. The molecule has 0 saturated heterocycles. The van der Waals surface area contributed by atoms with Crippen molar-refractivity contribution in [3.8, 4) is 0 Å². The van der Waals surface area contributed by atoms with Crippen LogP contribution in [-0.2, 0) is 11.2 Å². The lowest BCUT2D eigenvalue weighted by atomic mass is 10.0. The summed E-state index contributed by atoms with van der Waals surface area (Å²) in [5.74, 6) is -0.350. The molecule has 2 amide bonds. The van der Waals surface area contributed by atoms with Crippen molar-refractivity contribution in [2.45, 2.75) is 6.42 Å². The number of benzene rings is 2. The van der Waals surface area contributed by atoms with E-state index in [4.69, 9.17) is 0 Å². The standard InChI is InChI=1S/C22H22N4O2/c1-3-5-19-18-10-11-24-13-16(18)8-9-20(19)26-21(27)14-25-17-7-4-6-15(12-17)22(28)23-2/h3-4,6-13,25H,1,5,14H2,2H3,(H,23,28)(H,26,27). The lowest BCUT2D eigenvalue weighted by Crippen LogP contribution is -2.23. The highest BCUT2D eigenvalue weighted by Gasteiger charge is 2.10. The first-order chi connectivity index (χ1) is 13.6. The largest absolute Gasteiger partial charge is 0.376 e. The number of carbonyl (C=O) groups is 2. The Hall–Kier alpha value is -3.67. The van der Waals surface area contributed by atoms with Crippen LogP contribution in [0.15, 0.2) is 67.5 Å². The Bertz CT molecular complexity index is 1030. The Labute approximate surface area is 163 Å². The van der Waals surface area contributed by atoms with Gasteiger partial charge in [0.15, 0.2) is 0 Å². The number of nitrogens with zero attached hydrogens (tertiary/aromatic N) is 1. The van der Waals surface area contributed by atoms with Crippen molar-refractivity contribution in [1.29, 1.82) is 0 Å². The number of amides is 2. The molecule has 0 fully saturated rings. The Morgan fingerprint density at radius 1 is 1.18 bits per heavy atom. The molecular weight excluding hydrogens is 352 g/mol. The first-order valence-electron chi connectivity index (χ1n) is 8.94. The van der Waals surface area contributed by atoms with Gasteiger partial charge in [0, 0.05) is 41.8 Å². The fourth-order valence-corrected chi connectivity index (χ4v) is 3.01.